The lowest BCUT2D eigenvalue weighted by Crippen LogP contribution is -2.32. The number of hydrogen-bond donors (Lipinski definition) is 2. The molecule has 22 heavy (non-hydrogen) atoms. The van der Waals surface area contributed by atoms with E-state index in [4.69, 9.17) is 4.74 Å². The molecule has 0 aliphatic heterocycles. The molecule has 0 aliphatic rings. The minimum atomic E-state index is -0.566. The lowest BCUT2D eigenvalue weighted by Gasteiger charge is -2.19. The second-order valence-electron chi connectivity index (χ2n) is 5.82. The molecule has 0 saturated carbocycles. The summed E-state index contributed by atoms with van der Waals surface area (Å²) in [7, 11) is 0. The maximum atomic E-state index is 13.9. The number of nitrogens with one attached hydrogen (secondary N) is 2. The van der Waals surface area contributed by atoms with E-state index in [0.717, 1.165) is 16.5 Å². The first-order chi connectivity index (χ1) is 10.3. The van der Waals surface area contributed by atoms with Gasteiger partial charge in [0.2, 0.25) is 0 Å². The van der Waals surface area contributed by atoms with Crippen LogP contribution in [0.1, 0.15) is 45.7 Å². The predicted molar refractivity (Wildman–Crippen MR) is 87.4 cm³/mol. The molecule has 2 N–H and O–H groups in total. The molecular weight excluding hydrogens is 283 g/mol. The number of amides is 1. The Morgan fingerprint density at radius 3 is 2.55 bits per heavy atom. The van der Waals surface area contributed by atoms with Gasteiger partial charge in [-0.3, -0.25) is 0 Å². The highest BCUT2D eigenvalue weighted by atomic mass is 19.1. The fourth-order valence-corrected chi connectivity index (χ4v) is 1.94. The molecule has 0 bridgehead atoms. The van der Waals surface area contributed by atoms with Crippen molar-refractivity contribution in [3.8, 4) is 0 Å². The number of benzene rings is 1. The zero-order chi connectivity index (χ0) is 16.9. The van der Waals surface area contributed by atoms with Gasteiger partial charge >= 0.3 is 6.09 Å². The van der Waals surface area contributed by atoms with Crippen molar-refractivity contribution in [1.29, 1.82) is 0 Å². The number of hydrogen-bond acceptors (Lipinski definition) is 2. The van der Waals surface area contributed by atoms with E-state index in [1.165, 1.54) is 6.07 Å². The highest BCUT2D eigenvalue weighted by Gasteiger charge is 2.16. The SMILES string of the molecule is CC.Cc1c[nH]c2cc(F)c(CNC(=O)OC(C)(C)C)cc12. The number of aromatic nitrogens is 1. The van der Waals surface area contributed by atoms with Gasteiger partial charge < -0.3 is 15.0 Å². The molecule has 2 rings (SSSR count). The van der Waals surface area contributed by atoms with Crippen LogP contribution in [0.5, 0.6) is 0 Å². The van der Waals surface area contributed by atoms with E-state index < -0.39 is 11.7 Å². The summed E-state index contributed by atoms with van der Waals surface area (Å²) in [6.45, 7) is 11.4. The summed E-state index contributed by atoms with van der Waals surface area (Å²) in [5.74, 6) is -0.351. The number of aromatic amines is 1. The van der Waals surface area contributed by atoms with E-state index >= 15 is 0 Å². The van der Waals surface area contributed by atoms with Crippen LogP contribution >= 0.6 is 0 Å². The van der Waals surface area contributed by atoms with Crippen molar-refractivity contribution in [2.45, 2.75) is 53.7 Å². The number of ether oxygens (including phenoxy) is 1. The molecule has 122 valence electrons. The Hall–Kier alpha value is -2.04. The largest absolute Gasteiger partial charge is 0.444 e. The lowest BCUT2D eigenvalue weighted by atomic mass is 10.1. The Morgan fingerprint density at radius 2 is 1.95 bits per heavy atom. The Kier molecular flexibility index (Phi) is 5.97. The summed E-state index contributed by atoms with van der Waals surface area (Å²) < 4.78 is 19.0. The number of aryl methyl sites for hydroxylation is 1. The molecule has 0 saturated heterocycles. The number of rotatable bonds is 2. The minimum Gasteiger partial charge on any atom is -0.444 e. The summed E-state index contributed by atoms with van der Waals surface area (Å²) in [5, 5.41) is 3.51. The Bertz CT molecular complexity index is 642. The zero-order valence-electron chi connectivity index (χ0n) is 14.1. The van der Waals surface area contributed by atoms with E-state index in [2.05, 4.69) is 10.3 Å². The normalized spacial score (nSPS) is 10.9. The van der Waals surface area contributed by atoms with Crippen molar-refractivity contribution < 1.29 is 13.9 Å². The first-order valence-electron chi connectivity index (χ1n) is 7.49. The molecule has 0 fully saturated rings. The molecule has 5 heteroatoms. The van der Waals surface area contributed by atoms with Gasteiger partial charge in [-0.25, -0.2) is 9.18 Å². The van der Waals surface area contributed by atoms with Crippen LogP contribution in [0.15, 0.2) is 18.3 Å². The smallest absolute Gasteiger partial charge is 0.407 e. The number of halogens is 1. The van der Waals surface area contributed by atoms with E-state index in [1.54, 1.807) is 26.8 Å². The third-order valence-electron chi connectivity index (χ3n) is 2.88. The van der Waals surface area contributed by atoms with Gasteiger partial charge in [0.25, 0.3) is 0 Å². The van der Waals surface area contributed by atoms with Crippen molar-refractivity contribution in [1.82, 2.24) is 10.3 Å². The first kappa shape index (κ1) is 18.0. The minimum absolute atomic E-state index is 0.0985. The van der Waals surface area contributed by atoms with E-state index in [-0.39, 0.29) is 12.4 Å². The van der Waals surface area contributed by atoms with Crippen LogP contribution in [0.3, 0.4) is 0 Å². The summed E-state index contributed by atoms with van der Waals surface area (Å²) in [5.41, 5.74) is 1.66. The molecule has 1 aromatic carbocycles. The molecule has 0 atom stereocenters. The van der Waals surface area contributed by atoms with E-state index in [9.17, 15) is 9.18 Å². The van der Waals surface area contributed by atoms with Crippen LogP contribution in [-0.4, -0.2) is 16.7 Å². The van der Waals surface area contributed by atoms with E-state index in [0.29, 0.717) is 5.56 Å². The highest BCUT2D eigenvalue weighted by Crippen LogP contribution is 2.21. The lowest BCUT2D eigenvalue weighted by molar-refractivity contribution is 0.0523. The molecule has 1 amide bonds. The third-order valence-corrected chi connectivity index (χ3v) is 2.88. The first-order valence-corrected chi connectivity index (χ1v) is 7.49. The number of alkyl carbamates (subject to hydrolysis) is 1. The van der Waals surface area contributed by atoms with Crippen molar-refractivity contribution in [2.75, 3.05) is 0 Å². The number of fused-ring (bicyclic) bond motifs is 1. The molecule has 0 spiro atoms. The van der Waals surface area contributed by atoms with Gasteiger partial charge in [0, 0.05) is 29.2 Å². The molecule has 4 nitrogen and oxygen atoms in total. The summed E-state index contributed by atoms with van der Waals surface area (Å²) >= 11 is 0. The van der Waals surface area contributed by atoms with Crippen LogP contribution in [-0.2, 0) is 11.3 Å². The van der Waals surface area contributed by atoms with Crippen LogP contribution in [0.4, 0.5) is 9.18 Å². The Morgan fingerprint density at radius 1 is 1.32 bits per heavy atom. The average Bonchev–Trinajstić information content (AvgIpc) is 2.77. The highest BCUT2D eigenvalue weighted by molar-refractivity contribution is 5.83. The molecule has 0 aliphatic carbocycles. The van der Waals surface area contributed by atoms with Crippen molar-refractivity contribution in [2.24, 2.45) is 0 Å². The number of carbonyl (C=O) groups excluding carboxylic acids is 1. The van der Waals surface area contributed by atoms with Gasteiger partial charge in [-0.1, -0.05) is 13.8 Å². The summed E-state index contributed by atoms with van der Waals surface area (Å²) in [4.78, 5) is 14.6. The van der Waals surface area contributed by atoms with Crippen molar-refractivity contribution >= 4 is 17.0 Å². The van der Waals surface area contributed by atoms with Gasteiger partial charge in [-0.2, -0.15) is 0 Å². The van der Waals surface area contributed by atoms with Crippen molar-refractivity contribution in [3.05, 3.63) is 35.3 Å². The molecule has 1 aromatic heterocycles. The van der Waals surface area contributed by atoms with Crippen molar-refractivity contribution in [3.63, 3.8) is 0 Å². The second kappa shape index (κ2) is 7.29. The van der Waals surface area contributed by atoms with Gasteiger partial charge in [-0.15, -0.1) is 0 Å². The summed E-state index contributed by atoms with van der Waals surface area (Å²) in [6.07, 6.45) is 1.28. The Balaban J connectivity index is 0.00000116. The number of carbonyl (C=O) groups is 1. The van der Waals surface area contributed by atoms with Gasteiger partial charge in [-0.05, 0) is 45.4 Å². The maximum Gasteiger partial charge on any atom is 0.407 e. The topological polar surface area (TPSA) is 54.1 Å². The van der Waals surface area contributed by atoms with Crippen LogP contribution in [0.25, 0.3) is 10.9 Å². The maximum absolute atomic E-state index is 13.9. The quantitative estimate of drug-likeness (QED) is 0.847. The Labute approximate surface area is 131 Å². The second-order valence-corrected chi connectivity index (χ2v) is 5.82. The van der Waals surface area contributed by atoms with Crippen LogP contribution in [0, 0.1) is 12.7 Å². The molecule has 1 heterocycles. The molecule has 2 aromatic rings. The standard InChI is InChI=1S/C15H19FN2O2.C2H6/c1-9-7-17-13-6-12(16)10(5-11(9)13)8-18-14(19)20-15(2,3)4;1-2/h5-7,17H,8H2,1-4H3,(H,18,19);1-2H3. The van der Waals surface area contributed by atoms with Crippen LogP contribution in [0.2, 0.25) is 0 Å². The fourth-order valence-electron chi connectivity index (χ4n) is 1.94. The fraction of sp³-hybridized carbons (Fsp3) is 0.471. The van der Waals surface area contributed by atoms with Gasteiger partial charge in [0.05, 0.1) is 0 Å². The monoisotopic (exact) mass is 308 g/mol. The zero-order valence-corrected chi connectivity index (χ0v) is 14.1. The third kappa shape index (κ3) is 4.76. The molecule has 0 unspecified atom stereocenters. The van der Waals surface area contributed by atoms with Gasteiger partial charge in [0.1, 0.15) is 11.4 Å². The summed E-state index contributed by atoms with van der Waals surface area (Å²) in [6, 6.07) is 3.18. The predicted octanol–water partition coefficient (Wildman–Crippen LogP) is 4.67. The van der Waals surface area contributed by atoms with Gasteiger partial charge in [0.15, 0.2) is 0 Å². The molecular formula is C17H25FN2O2. The average molecular weight is 308 g/mol. The number of H-pyrrole nitrogens is 1. The van der Waals surface area contributed by atoms with E-state index in [1.807, 2.05) is 27.0 Å². The van der Waals surface area contributed by atoms with Crippen LogP contribution < -0.4 is 5.32 Å². The molecule has 0 radical (unpaired) electrons.